The van der Waals surface area contributed by atoms with E-state index in [4.69, 9.17) is 4.84 Å². The Morgan fingerprint density at radius 2 is 2.12 bits per heavy atom. The maximum Gasteiger partial charge on any atom is 0.416 e. The lowest BCUT2D eigenvalue weighted by Crippen LogP contribution is -2.06. The zero-order valence-electron chi connectivity index (χ0n) is 13.6. The molecule has 0 fully saturated rings. The highest BCUT2D eigenvalue weighted by molar-refractivity contribution is 7.12. The fourth-order valence-corrected chi connectivity index (χ4v) is 3.33. The zero-order chi connectivity index (χ0) is 18.0. The van der Waals surface area contributed by atoms with Gasteiger partial charge in [-0.25, -0.2) is 9.78 Å². The van der Waals surface area contributed by atoms with E-state index < -0.39 is 6.09 Å². The molecule has 0 atom stereocenters. The lowest BCUT2D eigenvalue weighted by Gasteiger charge is -1.97. The van der Waals surface area contributed by atoms with Crippen LogP contribution in [0.25, 0.3) is 10.9 Å². The number of thiazole rings is 1. The minimum atomic E-state index is -1.14. The summed E-state index contributed by atoms with van der Waals surface area (Å²) in [6, 6.07) is 6.87. The van der Waals surface area contributed by atoms with E-state index in [-0.39, 0.29) is 10.8 Å². The van der Waals surface area contributed by atoms with Gasteiger partial charge < -0.3 is 9.94 Å². The van der Waals surface area contributed by atoms with E-state index in [1.807, 2.05) is 6.92 Å². The van der Waals surface area contributed by atoms with E-state index in [1.165, 1.54) is 24.6 Å². The largest absolute Gasteiger partial charge is 0.464 e. The summed E-state index contributed by atoms with van der Waals surface area (Å²) in [5.74, 6) is -0.319. The maximum absolute atomic E-state index is 12.8. The van der Waals surface area contributed by atoms with Crippen molar-refractivity contribution in [1.82, 2.24) is 9.55 Å². The van der Waals surface area contributed by atoms with Crippen LogP contribution in [0.4, 0.5) is 4.79 Å². The average molecular weight is 357 g/mol. The number of ketones is 1. The highest BCUT2D eigenvalue weighted by Gasteiger charge is 2.22. The minimum absolute atomic E-state index is 0.278. The number of carbonyl (C=O) groups excluding carboxylic acids is 1. The van der Waals surface area contributed by atoms with Gasteiger partial charge in [-0.1, -0.05) is 30.3 Å². The number of carboxylic acid groups (broad SMARTS) is 1. The van der Waals surface area contributed by atoms with Crippen molar-refractivity contribution in [2.24, 2.45) is 5.16 Å². The van der Waals surface area contributed by atoms with Crippen LogP contribution in [-0.2, 0) is 4.84 Å². The van der Waals surface area contributed by atoms with Gasteiger partial charge in [0, 0.05) is 17.0 Å². The normalized spacial score (nSPS) is 11.7. The number of fused-ring (bicyclic) bond motifs is 1. The molecule has 0 radical (unpaired) electrons. The maximum atomic E-state index is 12.8. The third-order valence-corrected chi connectivity index (χ3v) is 4.53. The molecule has 3 aromatic rings. The molecule has 25 heavy (non-hydrogen) atoms. The fraction of sp³-hybridized carbons (Fsp3) is 0.176. The van der Waals surface area contributed by atoms with Crippen LogP contribution in [0.2, 0.25) is 0 Å². The summed E-state index contributed by atoms with van der Waals surface area (Å²) in [6.07, 6.45) is 0.805. The quantitative estimate of drug-likeness (QED) is 0.428. The summed E-state index contributed by atoms with van der Waals surface area (Å²) < 4.78 is 1.04. The van der Waals surface area contributed by atoms with E-state index in [9.17, 15) is 14.7 Å². The second-order valence-electron chi connectivity index (χ2n) is 5.15. The van der Waals surface area contributed by atoms with E-state index in [2.05, 4.69) is 10.1 Å². The van der Waals surface area contributed by atoms with Gasteiger partial charge in [-0.2, -0.15) is 0 Å². The Kier molecular flexibility index (Phi) is 4.62. The van der Waals surface area contributed by atoms with Crippen molar-refractivity contribution in [1.29, 1.82) is 0 Å². The molecule has 0 unspecified atom stereocenters. The molecule has 2 heterocycles. The van der Waals surface area contributed by atoms with Crippen LogP contribution >= 0.6 is 11.3 Å². The van der Waals surface area contributed by atoms with Crippen molar-refractivity contribution in [3.63, 3.8) is 0 Å². The Hall–Kier alpha value is -3.00. The van der Waals surface area contributed by atoms with Crippen LogP contribution in [-0.4, -0.2) is 39.4 Å². The SMILES string of the molecule is CCC(=NOC)c1csc(C(=O)c2cn(C(=O)O)c3ccccc23)n1. The first kappa shape index (κ1) is 16.8. The van der Waals surface area contributed by atoms with Gasteiger partial charge in [0.15, 0.2) is 5.01 Å². The van der Waals surface area contributed by atoms with Crippen LogP contribution in [0.3, 0.4) is 0 Å². The molecule has 128 valence electrons. The Balaban J connectivity index is 2.05. The molecule has 0 bridgehead atoms. The first-order chi connectivity index (χ1) is 12.1. The second kappa shape index (κ2) is 6.86. The number of benzene rings is 1. The van der Waals surface area contributed by atoms with Crippen molar-refractivity contribution >= 4 is 39.8 Å². The Bertz CT molecular complexity index is 987. The molecule has 1 aromatic carbocycles. The van der Waals surface area contributed by atoms with Crippen molar-refractivity contribution < 1.29 is 19.5 Å². The predicted molar refractivity (Wildman–Crippen MR) is 94.7 cm³/mol. The smallest absolute Gasteiger partial charge is 0.416 e. The summed E-state index contributed by atoms with van der Waals surface area (Å²) in [6.45, 7) is 1.92. The molecule has 1 N–H and O–H groups in total. The first-order valence-electron chi connectivity index (χ1n) is 7.50. The second-order valence-corrected chi connectivity index (χ2v) is 6.01. The number of rotatable bonds is 5. The summed E-state index contributed by atoms with van der Waals surface area (Å²) >= 11 is 1.19. The van der Waals surface area contributed by atoms with Gasteiger partial charge in [-0.15, -0.1) is 11.3 Å². The molecule has 0 spiro atoms. The lowest BCUT2D eigenvalue weighted by molar-refractivity contribution is 0.104. The summed E-state index contributed by atoms with van der Waals surface area (Å²) in [4.78, 5) is 33.4. The molecule has 2 aromatic heterocycles. The van der Waals surface area contributed by atoms with Gasteiger partial charge in [-0.05, 0) is 12.5 Å². The van der Waals surface area contributed by atoms with Crippen molar-refractivity contribution in [2.75, 3.05) is 7.11 Å². The van der Waals surface area contributed by atoms with E-state index in [1.54, 1.807) is 29.6 Å². The highest BCUT2D eigenvalue weighted by atomic mass is 32.1. The standard InChI is InChI=1S/C17H15N3O4S/c1-3-12(19-24-2)13-9-25-16(18-13)15(21)11-8-20(17(22)23)14-7-5-4-6-10(11)14/h4-9H,3H2,1-2H3,(H,22,23). The van der Waals surface area contributed by atoms with Crippen LogP contribution in [0.15, 0.2) is 41.0 Å². The van der Waals surface area contributed by atoms with Gasteiger partial charge in [-0.3, -0.25) is 9.36 Å². The number of carbonyl (C=O) groups is 2. The predicted octanol–water partition coefficient (Wildman–Crippen LogP) is 3.62. The molecule has 0 aliphatic rings. The summed E-state index contributed by atoms with van der Waals surface area (Å²) in [5, 5.41) is 15.8. The molecule has 8 heteroatoms. The van der Waals surface area contributed by atoms with Crippen molar-refractivity contribution in [3.8, 4) is 0 Å². The van der Waals surface area contributed by atoms with Crippen molar-refractivity contribution in [3.05, 3.63) is 52.1 Å². The number of aromatic nitrogens is 2. The molecule has 0 aliphatic carbocycles. The molecule has 3 rings (SSSR count). The topological polar surface area (TPSA) is 93.8 Å². The average Bonchev–Trinajstić information content (AvgIpc) is 3.24. The molecule has 0 aliphatic heterocycles. The van der Waals surface area contributed by atoms with E-state index in [0.29, 0.717) is 34.3 Å². The monoisotopic (exact) mass is 357 g/mol. The number of hydrogen-bond donors (Lipinski definition) is 1. The van der Waals surface area contributed by atoms with Gasteiger partial charge >= 0.3 is 6.09 Å². The van der Waals surface area contributed by atoms with Crippen LogP contribution < -0.4 is 0 Å². The van der Waals surface area contributed by atoms with Crippen LogP contribution in [0.5, 0.6) is 0 Å². The minimum Gasteiger partial charge on any atom is -0.464 e. The lowest BCUT2D eigenvalue weighted by atomic mass is 10.1. The van der Waals surface area contributed by atoms with Crippen LogP contribution in [0.1, 0.15) is 34.4 Å². The molecule has 0 amide bonds. The molecule has 0 saturated heterocycles. The zero-order valence-corrected chi connectivity index (χ0v) is 14.4. The number of hydrogen-bond acceptors (Lipinski definition) is 6. The molecular weight excluding hydrogens is 342 g/mol. The summed E-state index contributed by atoms with van der Waals surface area (Å²) in [5.41, 5.74) is 2.00. The summed E-state index contributed by atoms with van der Waals surface area (Å²) in [7, 11) is 1.45. The Morgan fingerprint density at radius 1 is 1.36 bits per heavy atom. The third kappa shape index (κ3) is 3.03. The number of nitrogens with zero attached hydrogens (tertiary/aromatic N) is 3. The number of oxime groups is 1. The van der Waals surface area contributed by atoms with Crippen molar-refractivity contribution in [2.45, 2.75) is 13.3 Å². The van der Waals surface area contributed by atoms with E-state index >= 15 is 0 Å². The van der Waals surface area contributed by atoms with Gasteiger partial charge in [0.2, 0.25) is 5.78 Å². The van der Waals surface area contributed by atoms with Gasteiger partial charge in [0.05, 0.1) is 16.8 Å². The first-order valence-corrected chi connectivity index (χ1v) is 8.38. The van der Waals surface area contributed by atoms with E-state index in [0.717, 1.165) is 4.57 Å². The molecule has 0 saturated carbocycles. The number of para-hydroxylation sites is 1. The fourth-order valence-electron chi connectivity index (χ4n) is 2.55. The molecule has 7 nitrogen and oxygen atoms in total. The van der Waals surface area contributed by atoms with Crippen LogP contribution in [0, 0.1) is 0 Å². The molecular formula is C17H15N3O4S. The Morgan fingerprint density at radius 3 is 2.80 bits per heavy atom. The van der Waals surface area contributed by atoms with Gasteiger partial charge in [0.25, 0.3) is 0 Å². The highest BCUT2D eigenvalue weighted by Crippen LogP contribution is 2.25. The van der Waals surface area contributed by atoms with Gasteiger partial charge in [0.1, 0.15) is 12.8 Å². The third-order valence-electron chi connectivity index (χ3n) is 3.69. The Labute approximate surface area is 147 Å².